The average Bonchev–Trinajstić information content (AvgIpc) is 3.07. The topological polar surface area (TPSA) is 61.0 Å². The van der Waals surface area contributed by atoms with Gasteiger partial charge in [-0.05, 0) is 42.0 Å². The van der Waals surface area contributed by atoms with Gasteiger partial charge in [0.05, 0.1) is 0 Å². The molecule has 2 aromatic rings. The highest BCUT2D eigenvalue weighted by molar-refractivity contribution is 7.80. The standard InChI is InChI=1S/C17H16N2O4S/c24-17(18-9-11-1-3-14-15(7-11)23-10-22-14)19-12-2-4-13-16(8-12)21-6-5-20-13/h1-4,7-8H,5-6,9-10H2,(H2,18,19,24). The number of ether oxygens (including phenoxy) is 4. The maximum atomic E-state index is 5.56. The summed E-state index contributed by atoms with van der Waals surface area (Å²) in [4.78, 5) is 0. The molecule has 24 heavy (non-hydrogen) atoms. The van der Waals surface area contributed by atoms with Crippen LogP contribution in [0.3, 0.4) is 0 Å². The van der Waals surface area contributed by atoms with E-state index in [1.54, 1.807) is 0 Å². The van der Waals surface area contributed by atoms with E-state index in [1.807, 2.05) is 36.4 Å². The molecule has 0 aliphatic carbocycles. The molecule has 6 nitrogen and oxygen atoms in total. The number of thiocarbonyl (C=S) groups is 1. The zero-order valence-electron chi connectivity index (χ0n) is 12.8. The van der Waals surface area contributed by atoms with Crippen molar-refractivity contribution >= 4 is 23.0 Å². The van der Waals surface area contributed by atoms with Gasteiger partial charge in [-0.1, -0.05) is 6.07 Å². The van der Waals surface area contributed by atoms with E-state index in [2.05, 4.69) is 10.6 Å². The Kier molecular flexibility index (Phi) is 4.00. The molecule has 4 rings (SSSR count). The Labute approximate surface area is 144 Å². The molecule has 2 N–H and O–H groups in total. The first-order valence-corrected chi connectivity index (χ1v) is 8.02. The van der Waals surface area contributed by atoms with Gasteiger partial charge in [0, 0.05) is 18.3 Å². The third kappa shape index (κ3) is 3.16. The molecule has 0 saturated carbocycles. The fourth-order valence-corrected chi connectivity index (χ4v) is 2.72. The number of nitrogens with one attached hydrogen (secondary N) is 2. The van der Waals surface area contributed by atoms with Crippen LogP contribution < -0.4 is 29.6 Å². The zero-order valence-corrected chi connectivity index (χ0v) is 13.7. The fourth-order valence-electron chi connectivity index (χ4n) is 2.53. The molecular weight excluding hydrogens is 328 g/mol. The van der Waals surface area contributed by atoms with Crippen LogP contribution >= 0.6 is 12.2 Å². The van der Waals surface area contributed by atoms with Crippen LogP contribution in [-0.4, -0.2) is 25.1 Å². The summed E-state index contributed by atoms with van der Waals surface area (Å²) in [6, 6.07) is 11.5. The molecule has 0 bridgehead atoms. The summed E-state index contributed by atoms with van der Waals surface area (Å²) in [7, 11) is 0. The molecule has 0 amide bonds. The SMILES string of the molecule is S=C(NCc1ccc2c(c1)OCO2)Nc1ccc2c(c1)OCCO2. The van der Waals surface area contributed by atoms with Crippen LogP contribution in [0.25, 0.3) is 0 Å². The Morgan fingerprint density at radius 3 is 2.50 bits per heavy atom. The lowest BCUT2D eigenvalue weighted by Crippen LogP contribution is -2.28. The molecular formula is C17H16N2O4S. The predicted octanol–water partition coefficient (Wildman–Crippen LogP) is 2.67. The number of benzene rings is 2. The van der Waals surface area contributed by atoms with Crippen molar-refractivity contribution < 1.29 is 18.9 Å². The third-order valence-electron chi connectivity index (χ3n) is 3.69. The molecule has 0 spiro atoms. The van der Waals surface area contributed by atoms with E-state index < -0.39 is 0 Å². The van der Waals surface area contributed by atoms with Gasteiger partial charge in [0.25, 0.3) is 0 Å². The first-order valence-electron chi connectivity index (χ1n) is 7.61. The van der Waals surface area contributed by atoms with Crippen molar-refractivity contribution in [3.63, 3.8) is 0 Å². The second kappa shape index (κ2) is 6.45. The molecule has 0 saturated heterocycles. The minimum Gasteiger partial charge on any atom is -0.486 e. The molecule has 0 unspecified atom stereocenters. The number of hydrogen-bond acceptors (Lipinski definition) is 5. The monoisotopic (exact) mass is 344 g/mol. The Balaban J connectivity index is 1.35. The summed E-state index contributed by atoms with van der Waals surface area (Å²) in [5.41, 5.74) is 1.91. The van der Waals surface area contributed by atoms with E-state index in [1.165, 1.54) is 0 Å². The van der Waals surface area contributed by atoms with Crippen LogP contribution in [-0.2, 0) is 6.54 Å². The fraction of sp³-hybridized carbons (Fsp3) is 0.235. The van der Waals surface area contributed by atoms with Crippen molar-refractivity contribution in [3.05, 3.63) is 42.0 Å². The summed E-state index contributed by atoms with van der Waals surface area (Å²) in [5, 5.41) is 6.85. The van der Waals surface area contributed by atoms with Crippen LogP contribution in [0.5, 0.6) is 23.0 Å². The number of anilines is 1. The Hall–Kier alpha value is -2.67. The maximum absolute atomic E-state index is 5.56. The van der Waals surface area contributed by atoms with Gasteiger partial charge in [-0.2, -0.15) is 0 Å². The molecule has 0 aromatic heterocycles. The van der Waals surface area contributed by atoms with Gasteiger partial charge < -0.3 is 29.6 Å². The first-order chi connectivity index (χ1) is 11.8. The quantitative estimate of drug-likeness (QED) is 0.830. The van der Waals surface area contributed by atoms with Crippen molar-refractivity contribution in [1.82, 2.24) is 5.32 Å². The molecule has 2 aliphatic rings. The Morgan fingerprint density at radius 1 is 0.875 bits per heavy atom. The molecule has 124 valence electrons. The van der Waals surface area contributed by atoms with Crippen LogP contribution in [0.2, 0.25) is 0 Å². The normalized spacial score (nSPS) is 14.2. The van der Waals surface area contributed by atoms with Gasteiger partial charge in [0.2, 0.25) is 6.79 Å². The largest absolute Gasteiger partial charge is 0.486 e. The summed E-state index contributed by atoms with van der Waals surface area (Å²) in [6.45, 7) is 2.00. The van der Waals surface area contributed by atoms with Gasteiger partial charge in [0.15, 0.2) is 28.1 Å². The van der Waals surface area contributed by atoms with Crippen molar-refractivity contribution in [1.29, 1.82) is 0 Å². The number of fused-ring (bicyclic) bond motifs is 2. The highest BCUT2D eigenvalue weighted by Crippen LogP contribution is 2.33. The smallest absolute Gasteiger partial charge is 0.231 e. The highest BCUT2D eigenvalue weighted by atomic mass is 32.1. The molecule has 0 radical (unpaired) electrons. The predicted molar refractivity (Wildman–Crippen MR) is 93.1 cm³/mol. The van der Waals surface area contributed by atoms with Gasteiger partial charge in [-0.3, -0.25) is 0 Å². The molecule has 0 atom stereocenters. The van der Waals surface area contributed by atoms with E-state index in [0.717, 1.165) is 34.2 Å². The van der Waals surface area contributed by atoms with Crippen molar-refractivity contribution in [2.75, 3.05) is 25.3 Å². The number of hydrogen-bond donors (Lipinski definition) is 2. The Morgan fingerprint density at radius 2 is 1.58 bits per heavy atom. The van der Waals surface area contributed by atoms with E-state index in [4.69, 9.17) is 31.2 Å². The molecule has 0 fully saturated rings. The Bertz CT molecular complexity index is 781. The van der Waals surface area contributed by atoms with Crippen molar-refractivity contribution in [2.45, 2.75) is 6.54 Å². The van der Waals surface area contributed by atoms with Crippen LogP contribution in [0.4, 0.5) is 5.69 Å². The van der Waals surface area contributed by atoms with E-state index >= 15 is 0 Å². The van der Waals surface area contributed by atoms with E-state index in [-0.39, 0.29) is 6.79 Å². The minimum absolute atomic E-state index is 0.274. The lowest BCUT2D eigenvalue weighted by Gasteiger charge is -2.19. The summed E-state index contributed by atoms with van der Waals surface area (Å²) in [5.74, 6) is 3.02. The van der Waals surface area contributed by atoms with Crippen molar-refractivity contribution in [2.24, 2.45) is 0 Å². The lowest BCUT2D eigenvalue weighted by molar-refractivity contribution is 0.171. The lowest BCUT2D eigenvalue weighted by atomic mass is 10.2. The van der Waals surface area contributed by atoms with Gasteiger partial charge in [-0.15, -0.1) is 0 Å². The average molecular weight is 344 g/mol. The highest BCUT2D eigenvalue weighted by Gasteiger charge is 2.14. The summed E-state index contributed by atoms with van der Waals surface area (Å²) in [6.07, 6.45) is 0. The van der Waals surface area contributed by atoms with E-state index in [0.29, 0.717) is 24.9 Å². The molecule has 2 aliphatic heterocycles. The second-order valence-corrected chi connectivity index (χ2v) is 5.76. The van der Waals surface area contributed by atoms with Crippen LogP contribution in [0.1, 0.15) is 5.56 Å². The molecule has 7 heteroatoms. The second-order valence-electron chi connectivity index (χ2n) is 5.35. The molecule has 2 aromatic carbocycles. The van der Waals surface area contributed by atoms with Crippen LogP contribution in [0.15, 0.2) is 36.4 Å². The zero-order chi connectivity index (χ0) is 16.4. The molecule has 2 heterocycles. The third-order valence-corrected chi connectivity index (χ3v) is 3.94. The maximum Gasteiger partial charge on any atom is 0.231 e. The minimum atomic E-state index is 0.274. The van der Waals surface area contributed by atoms with Gasteiger partial charge in [-0.25, -0.2) is 0 Å². The van der Waals surface area contributed by atoms with E-state index in [9.17, 15) is 0 Å². The van der Waals surface area contributed by atoms with Crippen LogP contribution in [0, 0.1) is 0 Å². The van der Waals surface area contributed by atoms with Gasteiger partial charge in [0.1, 0.15) is 13.2 Å². The summed E-state index contributed by atoms with van der Waals surface area (Å²) >= 11 is 5.34. The van der Waals surface area contributed by atoms with Crippen molar-refractivity contribution in [3.8, 4) is 23.0 Å². The number of rotatable bonds is 3. The van der Waals surface area contributed by atoms with Gasteiger partial charge >= 0.3 is 0 Å². The first kappa shape index (κ1) is 14.9. The summed E-state index contributed by atoms with van der Waals surface area (Å²) < 4.78 is 21.7.